The summed E-state index contributed by atoms with van der Waals surface area (Å²) in [5.74, 6) is 0.169. The zero-order chi connectivity index (χ0) is 14.9. The van der Waals surface area contributed by atoms with E-state index in [-0.39, 0.29) is 17.4 Å². The number of alkyl halides is 3. The Labute approximate surface area is 115 Å². The number of anilines is 1. The maximum Gasteiger partial charge on any atom is 0.418 e. The average Bonchev–Trinajstić information content (AvgIpc) is 2.37. The Kier molecular flexibility index (Phi) is 3.70. The Balaban J connectivity index is 2.72. The second-order valence-corrected chi connectivity index (χ2v) is 4.87. The van der Waals surface area contributed by atoms with E-state index in [1.54, 1.807) is 18.2 Å². The van der Waals surface area contributed by atoms with Crippen LogP contribution in [0.3, 0.4) is 0 Å². The summed E-state index contributed by atoms with van der Waals surface area (Å²) < 4.78 is 39.4. The minimum Gasteiger partial charge on any atom is -0.384 e. The minimum absolute atomic E-state index is 0.0755. The number of aromatic nitrogens is 1. The molecule has 5 heteroatoms. The summed E-state index contributed by atoms with van der Waals surface area (Å²) in [4.78, 5) is 3.91. The molecule has 2 nitrogen and oxygen atoms in total. The molecule has 0 saturated carbocycles. The molecule has 0 aliphatic rings. The molecule has 106 valence electrons. The van der Waals surface area contributed by atoms with Gasteiger partial charge < -0.3 is 5.73 Å². The van der Waals surface area contributed by atoms with Crippen LogP contribution in [0.25, 0.3) is 11.3 Å². The number of hydrogen-bond donors (Lipinski definition) is 1. The third kappa shape index (κ3) is 2.76. The molecule has 0 radical (unpaired) electrons. The van der Waals surface area contributed by atoms with E-state index in [9.17, 15) is 13.2 Å². The Morgan fingerprint density at radius 3 is 2.30 bits per heavy atom. The highest BCUT2D eigenvalue weighted by Gasteiger charge is 2.35. The van der Waals surface area contributed by atoms with Gasteiger partial charge in [-0.15, -0.1) is 0 Å². The third-order valence-electron chi connectivity index (χ3n) is 3.06. The summed E-state index contributed by atoms with van der Waals surface area (Å²) in [6.45, 7) is 3.86. The number of nitrogen functional groups attached to an aromatic ring is 1. The Morgan fingerprint density at radius 2 is 1.70 bits per heavy atom. The van der Waals surface area contributed by atoms with Crippen molar-refractivity contribution in [2.24, 2.45) is 0 Å². The lowest BCUT2D eigenvalue weighted by Gasteiger charge is -2.17. The van der Waals surface area contributed by atoms with Crippen molar-refractivity contribution in [1.29, 1.82) is 0 Å². The van der Waals surface area contributed by atoms with E-state index >= 15 is 0 Å². The van der Waals surface area contributed by atoms with Crippen LogP contribution in [-0.2, 0) is 6.18 Å². The van der Waals surface area contributed by atoms with Crippen LogP contribution in [0.1, 0.15) is 30.9 Å². The van der Waals surface area contributed by atoms with E-state index in [1.165, 1.54) is 6.07 Å². The van der Waals surface area contributed by atoms with Gasteiger partial charge in [0.05, 0.1) is 11.3 Å². The van der Waals surface area contributed by atoms with Crippen molar-refractivity contribution in [3.63, 3.8) is 0 Å². The first kappa shape index (κ1) is 14.4. The zero-order valence-corrected chi connectivity index (χ0v) is 11.2. The molecule has 0 spiro atoms. The smallest absolute Gasteiger partial charge is 0.384 e. The predicted molar refractivity (Wildman–Crippen MR) is 73.2 cm³/mol. The summed E-state index contributed by atoms with van der Waals surface area (Å²) in [5, 5.41) is 0. The largest absolute Gasteiger partial charge is 0.418 e. The molecule has 1 heterocycles. The normalized spacial score (nSPS) is 11.9. The molecule has 0 atom stereocenters. The number of rotatable bonds is 2. The summed E-state index contributed by atoms with van der Waals surface area (Å²) in [6, 6.07) is 9.11. The summed E-state index contributed by atoms with van der Waals surface area (Å²) in [7, 11) is 0. The molecule has 2 N–H and O–H groups in total. The van der Waals surface area contributed by atoms with Gasteiger partial charge >= 0.3 is 6.18 Å². The lowest BCUT2D eigenvalue weighted by molar-refractivity contribution is -0.137. The first-order valence-corrected chi connectivity index (χ1v) is 6.23. The van der Waals surface area contributed by atoms with E-state index in [2.05, 4.69) is 4.98 Å². The van der Waals surface area contributed by atoms with Crippen molar-refractivity contribution in [2.45, 2.75) is 25.9 Å². The third-order valence-corrected chi connectivity index (χ3v) is 3.06. The van der Waals surface area contributed by atoms with Crippen LogP contribution in [0.4, 0.5) is 19.0 Å². The number of nitrogens with zero attached hydrogens (tertiary/aromatic N) is 1. The van der Waals surface area contributed by atoms with Crippen molar-refractivity contribution in [1.82, 2.24) is 4.98 Å². The Hall–Kier alpha value is -2.04. The first-order chi connectivity index (χ1) is 9.30. The van der Waals surface area contributed by atoms with E-state index < -0.39 is 11.7 Å². The molecule has 1 aromatic carbocycles. The molecule has 2 rings (SSSR count). The van der Waals surface area contributed by atoms with Crippen molar-refractivity contribution in [2.75, 3.05) is 5.73 Å². The topological polar surface area (TPSA) is 38.9 Å². The van der Waals surface area contributed by atoms with Crippen molar-refractivity contribution < 1.29 is 13.2 Å². The van der Waals surface area contributed by atoms with Crippen molar-refractivity contribution >= 4 is 5.82 Å². The molecular weight excluding hydrogens is 265 g/mol. The van der Waals surface area contributed by atoms with Gasteiger partial charge in [0, 0.05) is 5.56 Å². The molecular formula is C15H15F3N2. The highest BCUT2D eigenvalue weighted by Crippen LogP contribution is 2.38. The number of hydrogen-bond acceptors (Lipinski definition) is 2. The molecule has 0 unspecified atom stereocenters. The van der Waals surface area contributed by atoms with Gasteiger partial charge in [0.2, 0.25) is 0 Å². The molecule has 0 aliphatic carbocycles. The SMILES string of the molecule is CC(C)c1ccccc1-c1nc(N)ccc1C(F)(F)F. The Bertz CT molecular complexity index is 619. The molecule has 2 aromatic rings. The van der Waals surface area contributed by atoms with Crippen LogP contribution in [0.15, 0.2) is 36.4 Å². The molecule has 0 fully saturated rings. The molecule has 0 amide bonds. The Morgan fingerprint density at radius 1 is 1.05 bits per heavy atom. The molecule has 20 heavy (non-hydrogen) atoms. The van der Waals surface area contributed by atoms with Gasteiger partial charge in [-0.05, 0) is 23.6 Å². The maximum absolute atomic E-state index is 13.1. The lowest BCUT2D eigenvalue weighted by Crippen LogP contribution is -2.10. The molecule has 1 aromatic heterocycles. The van der Waals surface area contributed by atoms with Gasteiger partial charge in [-0.25, -0.2) is 4.98 Å². The number of pyridine rings is 1. The van der Waals surface area contributed by atoms with Crippen molar-refractivity contribution in [3.05, 3.63) is 47.5 Å². The summed E-state index contributed by atoms with van der Waals surface area (Å²) >= 11 is 0. The first-order valence-electron chi connectivity index (χ1n) is 6.23. The number of halogens is 3. The molecule has 0 aliphatic heterocycles. The van der Waals surface area contributed by atoms with Crippen LogP contribution >= 0.6 is 0 Å². The second-order valence-electron chi connectivity index (χ2n) is 4.87. The summed E-state index contributed by atoms with van der Waals surface area (Å²) in [5.41, 5.74) is 5.97. The second kappa shape index (κ2) is 5.15. The van der Waals surface area contributed by atoms with Gasteiger partial charge in [0.25, 0.3) is 0 Å². The van der Waals surface area contributed by atoms with Crippen LogP contribution in [-0.4, -0.2) is 4.98 Å². The highest BCUT2D eigenvalue weighted by molar-refractivity contribution is 5.69. The minimum atomic E-state index is -4.46. The fourth-order valence-corrected chi connectivity index (χ4v) is 2.12. The zero-order valence-electron chi connectivity index (χ0n) is 11.2. The van der Waals surface area contributed by atoms with Gasteiger partial charge in [0.15, 0.2) is 0 Å². The van der Waals surface area contributed by atoms with Crippen LogP contribution in [0.5, 0.6) is 0 Å². The van der Waals surface area contributed by atoms with Crippen LogP contribution in [0.2, 0.25) is 0 Å². The van der Waals surface area contributed by atoms with E-state index in [4.69, 9.17) is 5.73 Å². The van der Waals surface area contributed by atoms with Crippen LogP contribution < -0.4 is 5.73 Å². The summed E-state index contributed by atoms with van der Waals surface area (Å²) in [6.07, 6.45) is -4.46. The molecule has 0 saturated heterocycles. The van der Waals surface area contributed by atoms with Crippen molar-refractivity contribution in [3.8, 4) is 11.3 Å². The fraction of sp³-hybridized carbons (Fsp3) is 0.267. The quantitative estimate of drug-likeness (QED) is 0.881. The average molecular weight is 280 g/mol. The number of nitrogens with two attached hydrogens (primary N) is 1. The maximum atomic E-state index is 13.1. The molecule has 0 bridgehead atoms. The van der Waals surface area contributed by atoms with Gasteiger partial charge in [-0.2, -0.15) is 13.2 Å². The van der Waals surface area contributed by atoms with E-state index in [0.29, 0.717) is 5.56 Å². The fourth-order valence-electron chi connectivity index (χ4n) is 2.12. The van der Waals surface area contributed by atoms with Gasteiger partial charge in [-0.1, -0.05) is 38.1 Å². The highest BCUT2D eigenvalue weighted by atomic mass is 19.4. The van der Waals surface area contributed by atoms with Gasteiger partial charge in [0.1, 0.15) is 5.82 Å². The number of benzene rings is 1. The van der Waals surface area contributed by atoms with E-state index in [0.717, 1.165) is 11.6 Å². The lowest BCUT2D eigenvalue weighted by atomic mass is 9.93. The van der Waals surface area contributed by atoms with E-state index in [1.807, 2.05) is 19.9 Å². The predicted octanol–water partition coefficient (Wildman–Crippen LogP) is 4.47. The van der Waals surface area contributed by atoms with Gasteiger partial charge in [-0.3, -0.25) is 0 Å². The van der Waals surface area contributed by atoms with Crippen LogP contribution in [0, 0.1) is 0 Å². The standard InChI is InChI=1S/C15H15F3N2/c1-9(2)10-5-3-4-6-11(10)14-12(15(16,17)18)7-8-13(19)20-14/h3-9H,1-2H3,(H2,19,20). The monoisotopic (exact) mass is 280 g/mol.